The van der Waals surface area contributed by atoms with E-state index in [0.717, 1.165) is 5.56 Å². The van der Waals surface area contributed by atoms with Gasteiger partial charge in [0.15, 0.2) is 5.78 Å². The predicted octanol–water partition coefficient (Wildman–Crippen LogP) is 2.57. The zero-order chi connectivity index (χ0) is 14.6. The number of ketones is 1. The van der Waals surface area contributed by atoms with Crippen LogP contribution in [-0.4, -0.2) is 26.5 Å². The van der Waals surface area contributed by atoms with Gasteiger partial charge in [-0.2, -0.15) is 0 Å². The van der Waals surface area contributed by atoms with Gasteiger partial charge in [-0.25, -0.2) is 0 Å². The molecule has 0 unspecified atom stereocenters. The molecule has 0 bridgehead atoms. The Hall–Kier alpha value is -1.55. The molecule has 0 saturated carbocycles. The average Bonchev–Trinajstić information content (AvgIpc) is 2.36. The fourth-order valence-electron chi connectivity index (χ4n) is 1.95. The van der Waals surface area contributed by atoms with Gasteiger partial charge >= 0.3 is 0 Å². The molecule has 0 aromatic heterocycles. The van der Waals surface area contributed by atoms with Crippen LogP contribution in [0.5, 0.6) is 11.5 Å². The number of aryl methyl sites for hydroxylation is 1. The molecule has 0 heterocycles. The molecule has 0 atom stereocenters. The molecule has 0 spiro atoms. The Morgan fingerprint density at radius 1 is 1.26 bits per heavy atom. The first-order valence-corrected chi connectivity index (χ1v) is 6.30. The van der Waals surface area contributed by atoms with E-state index in [1.165, 1.54) is 0 Å². The largest absolute Gasteiger partial charge is 0.497 e. The highest BCUT2D eigenvalue weighted by Crippen LogP contribution is 2.32. The smallest absolute Gasteiger partial charge is 0.167 e. The normalized spacial score (nSPS) is 11.3. The Morgan fingerprint density at radius 2 is 1.89 bits per heavy atom. The summed E-state index contributed by atoms with van der Waals surface area (Å²) in [6.45, 7) is 6.32. The fraction of sp³-hybridized carbons (Fsp3) is 0.533. The fourth-order valence-corrected chi connectivity index (χ4v) is 1.95. The minimum Gasteiger partial charge on any atom is -0.497 e. The summed E-state index contributed by atoms with van der Waals surface area (Å²) in [5, 5.41) is 0. The van der Waals surface area contributed by atoms with E-state index in [-0.39, 0.29) is 11.2 Å². The summed E-state index contributed by atoms with van der Waals surface area (Å²) in [4.78, 5) is 12.4. The number of rotatable bonds is 6. The molecule has 106 valence electrons. The number of methoxy groups -OCH3 is 2. The average molecular weight is 265 g/mol. The number of Topliss-reactive ketones (excluding diaryl/α,β-unsaturated/α-hetero) is 1. The Labute approximate surface area is 114 Å². The van der Waals surface area contributed by atoms with Crippen LogP contribution in [0.25, 0.3) is 0 Å². The first-order chi connectivity index (χ1) is 8.84. The van der Waals surface area contributed by atoms with Gasteiger partial charge < -0.3 is 15.2 Å². The maximum absolute atomic E-state index is 12.4. The Morgan fingerprint density at radius 3 is 2.37 bits per heavy atom. The number of ether oxygens (including phenoxy) is 2. The van der Waals surface area contributed by atoms with Gasteiger partial charge in [0, 0.05) is 12.5 Å². The molecule has 4 heteroatoms. The van der Waals surface area contributed by atoms with E-state index >= 15 is 0 Å². The van der Waals surface area contributed by atoms with Gasteiger partial charge in [0.25, 0.3) is 0 Å². The molecule has 0 aliphatic rings. The highest BCUT2D eigenvalue weighted by atomic mass is 16.5. The second-order valence-corrected chi connectivity index (χ2v) is 5.49. The van der Waals surface area contributed by atoms with Crippen LogP contribution in [0, 0.1) is 12.3 Å². The van der Waals surface area contributed by atoms with Crippen molar-refractivity contribution in [3.63, 3.8) is 0 Å². The van der Waals surface area contributed by atoms with Crippen molar-refractivity contribution in [3.8, 4) is 11.5 Å². The highest BCUT2D eigenvalue weighted by Gasteiger charge is 2.24. The minimum absolute atomic E-state index is 0.0486. The molecule has 19 heavy (non-hydrogen) atoms. The van der Waals surface area contributed by atoms with E-state index in [9.17, 15) is 4.79 Å². The summed E-state index contributed by atoms with van der Waals surface area (Å²) in [6, 6.07) is 3.57. The lowest BCUT2D eigenvalue weighted by molar-refractivity contribution is 0.0931. The third kappa shape index (κ3) is 3.70. The molecule has 1 rings (SSSR count). The van der Waals surface area contributed by atoms with Crippen LogP contribution in [-0.2, 0) is 0 Å². The monoisotopic (exact) mass is 265 g/mol. The molecular weight excluding hydrogens is 242 g/mol. The van der Waals surface area contributed by atoms with Crippen molar-refractivity contribution in [2.45, 2.75) is 27.2 Å². The lowest BCUT2D eigenvalue weighted by Gasteiger charge is -2.22. The second-order valence-electron chi connectivity index (χ2n) is 5.49. The zero-order valence-electron chi connectivity index (χ0n) is 12.4. The first-order valence-electron chi connectivity index (χ1n) is 6.30. The van der Waals surface area contributed by atoms with Crippen LogP contribution in [0.1, 0.15) is 36.2 Å². The van der Waals surface area contributed by atoms with E-state index in [0.29, 0.717) is 30.0 Å². The van der Waals surface area contributed by atoms with Crippen LogP contribution in [0.4, 0.5) is 0 Å². The number of hydrogen-bond donors (Lipinski definition) is 1. The van der Waals surface area contributed by atoms with E-state index < -0.39 is 0 Å². The van der Waals surface area contributed by atoms with Crippen molar-refractivity contribution in [2.24, 2.45) is 11.1 Å². The van der Waals surface area contributed by atoms with E-state index in [4.69, 9.17) is 15.2 Å². The summed E-state index contributed by atoms with van der Waals surface area (Å²) < 4.78 is 10.5. The second kappa shape index (κ2) is 6.06. The lowest BCUT2D eigenvalue weighted by Crippen LogP contribution is -2.27. The zero-order valence-corrected chi connectivity index (χ0v) is 12.4. The maximum atomic E-state index is 12.4. The number of benzene rings is 1. The van der Waals surface area contributed by atoms with Crippen LogP contribution in [0.2, 0.25) is 0 Å². The lowest BCUT2D eigenvalue weighted by atomic mass is 9.84. The third-order valence-corrected chi connectivity index (χ3v) is 3.20. The molecule has 0 radical (unpaired) electrons. The maximum Gasteiger partial charge on any atom is 0.167 e. The van der Waals surface area contributed by atoms with Crippen molar-refractivity contribution in [1.82, 2.24) is 0 Å². The molecule has 0 amide bonds. The SMILES string of the molecule is COc1cc(C)c(C(=O)CC(C)(C)CN)c(OC)c1. The summed E-state index contributed by atoms with van der Waals surface area (Å²) in [5.74, 6) is 1.28. The molecule has 0 saturated heterocycles. The third-order valence-electron chi connectivity index (χ3n) is 3.20. The van der Waals surface area contributed by atoms with Crippen LogP contribution < -0.4 is 15.2 Å². The number of carbonyl (C=O) groups excluding carboxylic acids is 1. The summed E-state index contributed by atoms with van der Waals surface area (Å²) in [7, 11) is 3.15. The van der Waals surface area contributed by atoms with Crippen LogP contribution in [0.15, 0.2) is 12.1 Å². The van der Waals surface area contributed by atoms with Crippen molar-refractivity contribution >= 4 is 5.78 Å². The van der Waals surface area contributed by atoms with Gasteiger partial charge in [0.1, 0.15) is 11.5 Å². The standard InChI is InChI=1S/C15H23NO3/c1-10-6-11(18-4)7-13(19-5)14(10)12(17)8-15(2,3)9-16/h6-7H,8-9,16H2,1-5H3. The molecule has 4 nitrogen and oxygen atoms in total. The van der Waals surface area contributed by atoms with Crippen molar-refractivity contribution in [2.75, 3.05) is 20.8 Å². The number of carbonyl (C=O) groups is 1. The van der Waals surface area contributed by atoms with Gasteiger partial charge in [-0.05, 0) is 30.5 Å². The van der Waals surface area contributed by atoms with E-state index in [2.05, 4.69) is 0 Å². The highest BCUT2D eigenvalue weighted by molar-refractivity contribution is 6.00. The van der Waals surface area contributed by atoms with Crippen LogP contribution >= 0.6 is 0 Å². The number of hydrogen-bond acceptors (Lipinski definition) is 4. The Bertz CT molecular complexity index is 467. The summed E-state index contributed by atoms with van der Waals surface area (Å²) >= 11 is 0. The van der Waals surface area contributed by atoms with Crippen LogP contribution in [0.3, 0.4) is 0 Å². The summed E-state index contributed by atoms with van der Waals surface area (Å²) in [6.07, 6.45) is 0.396. The molecular formula is C15H23NO3. The Balaban J connectivity index is 3.16. The van der Waals surface area contributed by atoms with E-state index in [1.54, 1.807) is 20.3 Å². The van der Waals surface area contributed by atoms with Gasteiger partial charge in [-0.3, -0.25) is 4.79 Å². The summed E-state index contributed by atoms with van der Waals surface area (Å²) in [5.41, 5.74) is 6.94. The molecule has 1 aromatic carbocycles. The minimum atomic E-state index is -0.214. The van der Waals surface area contributed by atoms with Crippen molar-refractivity contribution < 1.29 is 14.3 Å². The molecule has 2 N–H and O–H groups in total. The van der Waals surface area contributed by atoms with Gasteiger partial charge in [0.05, 0.1) is 19.8 Å². The molecule has 0 aliphatic carbocycles. The Kier molecular flexibility index (Phi) is 4.95. The molecule has 0 aliphatic heterocycles. The van der Waals surface area contributed by atoms with E-state index in [1.807, 2.05) is 26.8 Å². The topological polar surface area (TPSA) is 61.5 Å². The van der Waals surface area contributed by atoms with Crippen molar-refractivity contribution in [3.05, 3.63) is 23.3 Å². The van der Waals surface area contributed by atoms with Crippen molar-refractivity contribution in [1.29, 1.82) is 0 Å². The first kappa shape index (κ1) is 15.5. The number of nitrogens with two attached hydrogens (primary N) is 1. The predicted molar refractivity (Wildman–Crippen MR) is 76.1 cm³/mol. The quantitative estimate of drug-likeness (QED) is 0.803. The van der Waals surface area contributed by atoms with Gasteiger partial charge in [-0.1, -0.05) is 13.8 Å². The molecule has 1 aromatic rings. The van der Waals surface area contributed by atoms with Gasteiger partial charge in [0.2, 0.25) is 0 Å². The van der Waals surface area contributed by atoms with Gasteiger partial charge in [-0.15, -0.1) is 0 Å². The molecule has 0 fully saturated rings.